The zero-order chi connectivity index (χ0) is 29.2. The molecule has 216 valence electrons. The predicted octanol–water partition coefficient (Wildman–Crippen LogP) is 8.87. The Hall–Kier alpha value is -3.22. The fourth-order valence-electron chi connectivity index (χ4n) is 5.63. The summed E-state index contributed by atoms with van der Waals surface area (Å²) in [4.78, 5) is 28.7. The van der Waals surface area contributed by atoms with E-state index in [1.165, 1.54) is 0 Å². The van der Waals surface area contributed by atoms with Crippen molar-refractivity contribution in [2.75, 3.05) is 13.1 Å². The van der Waals surface area contributed by atoms with Gasteiger partial charge in [-0.2, -0.15) is 0 Å². The Kier molecular flexibility index (Phi) is 8.53. The zero-order valence-corrected chi connectivity index (χ0v) is 26.2. The lowest BCUT2D eigenvalue weighted by Gasteiger charge is -2.39. The normalized spacial score (nSPS) is 15.1. The third-order valence-corrected chi connectivity index (χ3v) is 13.5. The van der Waals surface area contributed by atoms with Gasteiger partial charge in [-0.15, -0.1) is 0 Å². The summed E-state index contributed by atoms with van der Waals surface area (Å²) < 4.78 is 13.2. The Morgan fingerprint density at radius 1 is 0.902 bits per heavy atom. The van der Waals surface area contributed by atoms with Gasteiger partial charge in [0.1, 0.15) is 11.2 Å². The molecule has 1 atom stereocenters. The molecule has 1 aromatic heterocycles. The fourth-order valence-corrected chi connectivity index (χ4v) is 6.91. The van der Waals surface area contributed by atoms with E-state index >= 15 is 0 Å². The average Bonchev–Trinajstić information content (AvgIpc) is 3.61. The molecule has 0 aliphatic carbocycles. The van der Waals surface area contributed by atoms with Crippen LogP contribution in [0, 0.1) is 0 Å². The number of Topliss-reactive ketones (excluding diaryl/α,β-unsaturated/α-hetero) is 1. The molecule has 0 radical (unpaired) electrons. The number of para-hydroxylation sites is 1. The van der Waals surface area contributed by atoms with E-state index in [1.54, 1.807) is 0 Å². The Bertz CT molecular complexity index is 1530. The highest BCUT2D eigenvalue weighted by molar-refractivity contribution is 6.74. The second-order valence-electron chi connectivity index (χ2n) is 12.9. The number of hydrogen-bond acceptors (Lipinski definition) is 4. The van der Waals surface area contributed by atoms with Crippen LogP contribution < -0.4 is 0 Å². The van der Waals surface area contributed by atoms with E-state index in [1.807, 2.05) is 59.5 Å². The molecule has 1 fully saturated rings. The Morgan fingerprint density at radius 3 is 2.29 bits per heavy atom. The Morgan fingerprint density at radius 2 is 1.59 bits per heavy atom. The monoisotopic (exact) mass is 569 g/mol. The molecule has 0 spiro atoms. The minimum absolute atomic E-state index is 0.0469. The fraction of sp³-hybridized carbons (Fsp3) is 0.429. The minimum Gasteiger partial charge on any atom is -0.456 e. The molecule has 1 aliphatic rings. The van der Waals surface area contributed by atoms with Crippen LogP contribution in [0.15, 0.2) is 71.1 Å². The molecule has 0 saturated carbocycles. The summed E-state index contributed by atoms with van der Waals surface area (Å²) >= 11 is 0. The van der Waals surface area contributed by atoms with Gasteiger partial charge in [0.2, 0.25) is 5.91 Å². The summed E-state index contributed by atoms with van der Waals surface area (Å²) in [7, 11) is -2.13. The molecule has 1 amide bonds. The van der Waals surface area contributed by atoms with Crippen LogP contribution >= 0.6 is 0 Å². The molecule has 41 heavy (non-hydrogen) atoms. The van der Waals surface area contributed by atoms with Crippen LogP contribution in [0.2, 0.25) is 18.1 Å². The zero-order valence-electron chi connectivity index (χ0n) is 25.2. The summed E-state index contributed by atoms with van der Waals surface area (Å²) in [5.74, 6) is 0.222. The van der Waals surface area contributed by atoms with Crippen LogP contribution in [-0.2, 0) is 15.6 Å². The average molecular weight is 570 g/mol. The van der Waals surface area contributed by atoms with Crippen molar-refractivity contribution in [2.45, 2.75) is 83.5 Å². The lowest BCUT2D eigenvalue weighted by atomic mass is 9.90. The maximum Gasteiger partial charge on any atom is 0.222 e. The van der Waals surface area contributed by atoms with Gasteiger partial charge in [0, 0.05) is 48.7 Å². The van der Waals surface area contributed by atoms with Crippen LogP contribution in [0.1, 0.15) is 80.5 Å². The summed E-state index contributed by atoms with van der Waals surface area (Å²) in [5, 5.41) is 1.86. The molecule has 0 N–H and O–H groups in total. The van der Waals surface area contributed by atoms with Crippen LogP contribution in [0.25, 0.3) is 21.9 Å². The highest BCUT2D eigenvalue weighted by Crippen LogP contribution is 2.42. The van der Waals surface area contributed by atoms with Crippen molar-refractivity contribution >= 4 is 41.9 Å². The molecule has 5 rings (SSSR count). The smallest absolute Gasteiger partial charge is 0.222 e. The van der Waals surface area contributed by atoms with Gasteiger partial charge in [-0.3, -0.25) is 9.59 Å². The molecule has 1 saturated heterocycles. The standard InChI is InChI=1S/C35H43NO4Si/c1-35(2,3)41(4,5)40-31(25-14-7-6-8-15-25)24-26-20-21-30-34(27-16-9-10-18-29(27)39-30)33(26)28(37)17-13-19-32(38)36-22-11-12-23-36/h6-10,14-16,18,20-21,31H,11-13,17,19,22-24H2,1-5H3. The summed E-state index contributed by atoms with van der Waals surface area (Å²) in [6.07, 6.45) is 3.82. The van der Waals surface area contributed by atoms with Gasteiger partial charge < -0.3 is 13.7 Å². The topological polar surface area (TPSA) is 59.8 Å². The highest BCUT2D eigenvalue weighted by atomic mass is 28.4. The number of nitrogens with zero attached hydrogens (tertiary/aromatic N) is 1. The van der Waals surface area contributed by atoms with Gasteiger partial charge in [0.25, 0.3) is 0 Å². The molecule has 3 aromatic carbocycles. The van der Waals surface area contributed by atoms with Crippen molar-refractivity contribution in [3.05, 3.63) is 83.4 Å². The number of hydrogen-bond donors (Lipinski definition) is 0. The van der Waals surface area contributed by atoms with E-state index in [-0.39, 0.29) is 22.8 Å². The van der Waals surface area contributed by atoms with E-state index in [0.29, 0.717) is 36.8 Å². The van der Waals surface area contributed by atoms with E-state index in [2.05, 4.69) is 46.0 Å². The molecule has 4 aromatic rings. The largest absolute Gasteiger partial charge is 0.456 e. The molecule has 1 unspecified atom stereocenters. The molecule has 1 aliphatic heterocycles. The highest BCUT2D eigenvalue weighted by Gasteiger charge is 2.39. The number of fused-ring (bicyclic) bond motifs is 3. The third-order valence-electron chi connectivity index (χ3n) is 8.98. The summed E-state index contributed by atoms with van der Waals surface area (Å²) in [5.41, 5.74) is 4.28. The Balaban J connectivity index is 1.52. The van der Waals surface area contributed by atoms with Crippen molar-refractivity contribution in [3.63, 3.8) is 0 Å². The Labute approximate surface area is 245 Å². The first-order valence-electron chi connectivity index (χ1n) is 15.0. The minimum atomic E-state index is -2.13. The number of amides is 1. The first-order valence-corrected chi connectivity index (χ1v) is 17.9. The van der Waals surface area contributed by atoms with Crippen molar-refractivity contribution in [3.8, 4) is 0 Å². The second-order valence-corrected chi connectivity index (χ2v) is 17.7. The van der Waals surface area contributed by atoms with E-state index in [4.69, 9.17) is 8.84 Å². The van der Waals surface area contributed by atoms with Gasteiger partial charge in [-0.25, -0.2) is 0 Å². The first-order chi connectivity index (χ1) is 19.5. The third kappa shape index (κ3) is 6.34. The van der Waals surface area contributed by atoms with Gasteiger partial charge in [0.15, 0.2) is 14.1 Å². The maximum atomic E-state index is 14.1. The van der Waals surface area contributed by atoms with Crippen LogP contribution in [0.3, 0.4) is 0 Å². The number of likely N-dealkylation sites (tertiary alicyclic amines) is 1. The van der Waals surface area contributed by atoms with Crippen LogP contribution in [0.5, 0.6) is 0 Å². The molecule has 0 bridgehead atoms. The molecule has 2 heterocycles. The van der Waals surface area contributed by atoms with Crippen LogP contribution in [0.4, 0.5) is 0 Å². The maximum absolute atomic E-state index is 14.1. The number of furan rings is 1. The number of carbonyl (C=O) groups is 2. The number of ketones is 1. The molecule has 6 heteroatoms. The number of rotatable bonds is 10. The lowest BCUT2D eigenvalue weighted by Crippen LogP contribution is -2.42. The summed E-state index contributed by atoms with van der Waals surface area (Å²) in [6.45, 7) is 13.0. The number of benzene rings is 3. The van der Waals surface area contributed by atoms with Gasteiger partial charge in [-0.1, -0.05) is 75.4 Å². The van der Waals surface area contributed by atoms with Gasteiger partial charge in [0.05, 0.1) is 6.10 Å². The quantitative estimate of drug-likeness (QED) is 0.141. The second kappa shape index (κ2) is 11.9. The molecule has 5 nitrogen and oxygen atoms in total. The van der Waals surface area contributed by atoms with Crippen molar-refractivity contribution < 1.29 is 18.4 Å². The van der Waals surface area contributed by atoms with Crippen molar-refractivity contribution in [2.24, 2.45) is 0 Å². The lowest BCUT2D eigenvalue weighted by molar-refractivity contribution is -0.130. The van der Waals surface area contributed by atoms with E-state index in [0.717, 1.165) is 53.4 Å². The van der Waals surface area contributed by atoms with E-state index < -0.39 is 8.32 Å². The summed E-state index contributed by atoms with van der Waals surface area (Å²) in [6, 6.07) is 22.3. The van der Waals surface area contributed by atoms with E-state index in [9.17, 15) is 9.59 Å². The predicted molar refractivity (Wildman–Crippen MR) is 169 cm³/mol. The molecular weight excluding hydrogens is 526 g/mol. The number of carbonyl (C=O) groups excluding carboxylic acids is 2. The first kappa shape index (κ1) is 29.3. The van der Waals surface area contributed by atoms with Crippen molar-refractivity contribution in [1.82, 2.24) is 4.90 Å². The van der Waals surface area contributed by atoms with Crippen molar-refractivity contribution in [1.29, 1.82) is 0 Å². The van der Waals surface area contributed by atoms with Crippen LogP contribution in [-0.4, -0.2) is 38.0 Å². The SMILES string of the molecule is CC(C)(C)[Si](C)(C)OC(Cc1ccc2oc3ccccc3c2c1C(=O)CCCC(=O)N1CCCC1)c1ccccc1. The van der Waals surface area contributed by atoms with Gasteiger partial charge >= 0.3 is 0 Å². The molecular formula is C35H43NO4Si. The van der Waals surface area contributed by atoms with Gasteiger partial charge in [-0.05, 0) is 60.7 Å².